The number of rotatable bonds is 4. The quantitative estimate of drug-likeness (QED) is 0.745. The summed E-state index contributed by atoms with van der Waals surface area (Å²) in [5.41, 5.74) is 0. The fourth-order valence-electron chi connectivity index (χ4n) is 1.83. The smallest absolute Gasteiger partial charge is 0.212 e. The Bertz CT molecular complexity index is 345. The number of halogens is 4. The fourth-order valence-corrected chi connectivity index (χ4v) is 3.70. The van der Waals surface area contributed by atoms with Crippen LogP contribution >= 0.6 is 11.6 Å². The van der Waals surface area contributed by atoms with Gasteiger partial charge >= 0.3 is 6.18 Å². The van der Waals surface area contributed by atoms with Crippen molar-refractivity contribution in [1.82, 2.24) is 4.31 Å². The van der Waals surface area contributed by atoms with Gasteiger partial charge in [-0.25, -0.2) is 12.7 Å². The van der Waals surface area contributed by atoms with Gasteiger partial charge < -0.3 is 0 Å². The molecule has 0 aromatic carbocycles. The molecular weight excluding hydrogens is 279 g/mol. The summed E-state index contributed by atoms with van der Waals surface area (Å²) >= 11 is 5.38. The molecule has 0 N–H and O–H groups in total. The van der Waals surface area contributed by atoms with Gasteiger partial charge in [-0.1, -0.05) is 0 Å². The monoisotopic (exact) mass is 293 g/mol. The number of piperidine rings is 1. The van der Waals surface area contributed by atoms with Crippen molar-refractivity contribution >= 4 is 21.6 Å². The second-order valence-corrected chi connectivity index (χ2v) is 6.56. The molecular formula is C9H15ClF3NO2S. The van der Waals surface area contributed by atoms with E-state index >= 15 is 0 Å². The van der Waals surface area contributed by atoms with Gasteiger partial charge in [-0.2, -0.15) is 13.2 Å². The molecule has 1 aliphatic heterocycles. The Morgan fingerprint density at radius 2 is 2.00 bits per heavy atom. The first-order valence-corrected chi connectivity index (χ1v) is 7.52. The Balaban J connectivity index is 2.66. The lowest BCUT2D eigenvalue weighted by Gasteiger charge is -2.32. The maximum absolute atomic E-state index is 12.5. The molecule has 1 heterocycles. The largest absolute Gasteiger partial charge is 0.393 e. The highest BCUT2D eigenvalue weighted by Crippen LogP contribution is 2.33. The van der Waals surface area contributed by atoms with E-state index in [9.17, 15) is 21.6 Å². The SMILES string of the molecule is O=S(=O)(CCCCl)N1CCCC(C(F)(F)F)C1. The van der Waals surface area contributed by atoms with Crippen molar-refractivity contribution in [3.05, 3.63) is 0 Å². The van der Waals surface area contributed by atoms with Crippen LogP contribution in [0, 0.1) is 5.92 Å². The summed E-state index contributed by atoms with van der Waals surface area (Å²) in [4.78, 5) is 0. The first-order valence-electron chi connectivity index (χ1n) is 5.38. The van der Waals surface area contributed by atoms with Gasteiger partial charge in [-0.3, -0.25) is 0 Å². The van der Waals surface area contributed by atoms with Gasteiger partial charge in [0.1, 0.15) is 0 Å². The van der Waals surface area contributed by atoms with Crippen molar-refractivity contribution in [2.45, 2.75) is 25.4 Å². The molecule has 0 radical (unpaired) electrons. The van der Waals surface area contributed by atoms with E-state index in [4.69, 9.17) is 11.6 Å². The number of alkyl halides is 4. The Kier molecular flexibility index (Phi) is 5.09. The van der Waals surface area contributed by atoms with Crippen LogP contribution in [0.15, 0.2) is 0 Å². The third kappa shape index (κ3) is 4.30. The number of hydrogen-bond acceptors (Lipinski definition) is 2. The molecule has 0 bridgehead atoms. The van der Waals surface area contributed by atoms with Gasteiger partial charge in [0, 0.05) is 19.0 Å². The summed E-state index contributed by atoms with van der Waals surface area (Å²) in [5, 5.41) is 0. The van der Waals surface area contributed by atoms with E-state index in [0.29, 0.717) is 0 Å². The molecule has 1 atom stereocenters. The zero-order valence-corrected chi connectivity index (χ0v) is 10.8. The summed E-state index contributed by atoms with van der Waals surface area (Å²) in [6, 6.07) is 0. The molecule has 0 aromatic rings. The van der Waals surface area contributed by atoms with E-state index < -0.39 is 28.7 Å². The number of nitrogens with zero attached hydrogens (tertiary/aromatic N) is 1. The van der Waals surface area contributed by atoms with Crippen LogP contribution in [-0.4, -0.2) is 43.6 Å². The van der Waals surface area contributed by atoms with Crippen molar-refractivity contribution < 1.29 is 21.6 Å². The first-order chi connectivity index (χ1) is 7.77. The van der Waals surface area contributed by atoms with Gasteiger partial charge in [-0.05, 0) is 19.3 Å². The minimum absolute atomic E-state index is 0.00499. The molecule has 1 rings (SSSR count). The van der Waals surface area contributed by atoms with E-state index in [1.165, 1.54) is 0 Å². The minimum atomic E-state index is -4.32. The molecule has 0 spiro atoms. The normalized spacial score (nSPS) is 23.9. The summed E-state index contributed by atoms with van der Waals surface area (Å²) in [6.45, 7) is -0.273. The van der Waals surface area contributed by atoms with Crippen LogP contribution in [0.3, 0.4) is 0 Å². The highest BCUT2D eigenvalue weighted by molar-refractivity contribution is 7.89. The third-order valence-electron chi connectivity index (χ3n) is 2.78. The number of hydrogen-bond donors (Lipinski definition) is 0. The van der Waals surface area contributed by atoms with Crippen molar-refractivity contribution in [2.75, 3.05) is 24.7 Å². The van der Waals surface area contributed by atoms with Crippen LogP contribution in [0.2, 0.25) is 0 Å². The molecule has 0 amide bonds. The van der Waals surface area contributed by atoms with Gasteiger partial charge in [-0.15, -0.1) is 11.6 Å². The molecule has 102 valence electrons. The van der Waals surface area contributed by atoms with Gasteiger partial charge in [0.25, 0.3) is 0 Å². The number of sulfonamides is 1. The van der Waals surface area contributed by atoms with Crippen LogP contribution in [-0.2, 0) is 10.0 Å². The molecule has 0 aliphatic carbocycles. The molecule has 0 aromatic heterocycles. The van der Waals surface area contributed by atoms with Gasteiger partial charge in [0.05, 0.1) is 11.7 Å². The highest BCUT2D eigenvalue weighted by atomic mass is 35.5. The lowest BCUT2D eigenvalue weighted by molar-refractivity contribution is -0.182. The Morgan fingerprint density at radius 3 is 2.53 bits per heavy atom. The van der Waals surface area contributed by atoms with Crippen molar-refractivity contribution in [3.63, 3.8) is 0 Å². The predicted molar refractivity (Wildman–Crippen MR) is 59.5 cm³/mol. The zero-order valence-electron chi connectivity index (χ0n) is 9.21. The van der Waals surface area contributed by atoms with E-state index in [0.717, 1.165) is 4.31 Å². The summed E-state index contributed by atoms with van der Waals surface area (Å²) in [5.74, 6) is -1.53. The molecule has 3 nitrogen and oxygen atoms in total. The van der Waals surface area contributed by atoms with Crippen molar-refractivity contribution in [2.24, 2.45) is 5.92 Å². The van der Waals surface area contributed by atoms with E-state index in [1.807, 2.05) is 0 Å². The van der Waals surface area contributed by atoms with E-state index in [-0.39, 0.29) is 37.4 Å². The highest BCUT2D eigenvalue weighted by Gasteiger charge is 2.43. The summed E-state index contributed by atoms with van der Waals surface area (Å²) in [7, 11) is -3.59. The lowest BCUT2D eigenvalue weighted by Crippen LogP contribution is -2.45. The van der Waals surface area contributed by atoms with Gasteiger partial charge in [0.15, 0.2) is 0 Å². The van der Waals surface area contributed by atoms with Crippen LogP contribution in [0.5, 0.6) is 0 Å². The second-order valence-electron chi connectivity index (χ2n) is 4.10. The third-order valence-corrected chi connectivity index (χ3v) is 4.97. The molecule has 1 saturated heterocycles. The van der Waals surface area contributed by atoms with Crippen LogP contribution in [0.25, 0.3) is 0 Å². The maximum atomic E-state index is 12.5. The van der Waals surface area contributed by atoms with Crippen LogP contribution < -0.4 is 0 Å². The zero-order chi connectivity index (χ0) is 13.1. The van der Waals surface area contributed by atoms with E-state index in [2.05, 4.69) is 0 Å². The van der Waals surface area contributed by atoms with Crippen molar-refractivity contribution in [3.8, 4) is 0 Å². The average Bonchev–Trinajstić information content (AvgIpc) is 2.25. The lowest BCUT2D eigenvalue weighted by atomic mass is 9.99. The van der Waals surface area contributed by atoms with E-state index in [1.54, 1.807) is 0 Å². The summed E-state index contributed by atoms with van der Waals surface area (Å²) in [6.07, 6.45) is -3.80. The first kappa shape index (κ1) is 15.0. The molecule has 0 saturated carbocycles. The maximum Gasteiger partial charge on any atom is 0.393 e. The average molecular weight is 294 g/mol. The standard InChI is InChI=1S/C9H15ClF3NO2S/c10-4-2-6-17(15,16)14-5-1-3-8(7-14)9(11,12)13/h8H,1-7H2. The van der Waals surface area contributed by atoms with Crippen LogP contribution in [0.4, 0.5) is 13.2 Å². The Hall–Kier alpha value is -0.0100. The molecule has 1 unspecified atom stereocenters. The molecule has 1 aliphatic rings. The Labute approximate surface area is 104 Å². The second kappa shape index (κ2) is 5.75. The van der Waals surface area contributed by atoms with Crippen molar-refractivity contribution in [1.29, 1.82) is 0 Å². The van der Waals surface area contributed by atoms with Crippen LogP contribution in [0.1, 0.15) is 19.3 Å². The van der Waals surface area contributed by atoms with Gasteiger partial charge in [0.2, 0.25) is 10.0 Å². The predicted octanol–water partition coefficient (Wildman–Crippen LogP) is 2.22. The summed E-state index contributed by atoms with van der Waals surface area (Å²) < 4.78 is 61.9. The topological polar surface area (TPSA) is 37.4 Å². The molecule has 17 heavy (non-hydrogen) atoms. The molecule has 1 fully saturated rings. The Morgan fingerprint density at radius 1 is 1.35 bits per heavy atom. The molecule has 8 heteroatoms. The minimum Gasteiger partial charge on any atom is -0.212 e. The fraction of sp³-hybridized carbons (Fsp3) is 1.00.